The first-order valence-electron chi connectivity index (χ1n) is 4.85. The second-order valence-corrected chi connectivity index (χ2v) is 4.51. The van der Waals surface area contributed by atoms with Gasteiger partial charge >= 0.3 is 6.09 Å². The van der Waals surface area contributed by atoms with Gasteiger partial charge in [0.15, 0.2) is 0 Å². The zero-order valence-corrected chi connectivity index (χ0v) is 11.8. The molecule has 1 aromatic carbocycles. The highest BCUT2D eigenvalue weighted by Crippen LogP contribution is 2.01. The summed E-state index contributed by atoms with van der Waals surface area (Å²) in [4.78, 5) is 11.4. The van der Waals surface area contributed by atoms with Crippen LogP contribution < -0.4 is 5.32 Å². The molecular formula is C11H13Br2NO2. The van der Waals surface area contributed by atoms with Crippen LogP contribution in [0.3, 0.4) is 0 Å². The lowest BCUT2D eigenvalue weighted by Gasteiger charge is -2.13. The molecule has 0 radical (unpaired) electrons. The lowest BCUT2D eigenvalue weighted by molar-refractivity contribution is 0.137. The minimum Gasteiger partial charge on any atom is -0.445 e. The second kappa shape index (κ2) is 7.68. The summed E-state index contributed by atoms with van der Waals surface area (Å²) >= 11 is 6.60. The summed E-state index contributed by atoms with van der Waals surface area (Å²) in [6.45, 7) is 0.296. The number of rotatable bonds is 5. The number of carbonyl (C=O) groups is 1. The van der Waals surface area contributed by atoms with Gasteiger partial charge in [0, 0.05) is 10.7 Å². The van der Waals surface area contributed by atoms with Crippen LogP contribution >= 0.6 is 31.9 Å². The van der Waals surface area contributed by atoms with Gasteiger partial charge in [0.1, 0.15) is 6.61 Å². The van der Waals surface area contributed by atoms with Crippen LogP contribution in [0.25, 0.3) is 0 Å². The molecule has 1 rings (SSSR count). The number of nitrogens with one attached hydrogen (secondary N) is 1. The largest absolute Gasteiger partial charge is 0.445 e. The molecule has 16 heavy (non-hydrogen) atoms. The van der Waals surface area contributed by atoms with Crippen molar-refractivity contribution in [3.63, 3.8) is 0 Å². The zero-order chi connectivity index (χ0) is 11.8. The lowest BCUT2D eigenvalue weighted by Crippen LogP contribution is -2.37. The minimum atomic E-state index is -0.396. The Morgan fingerprint density at radius 3 is 2.44 bits per heavy atom. The highest BCUT2D eigenvalue weighted by atomic mass is 79.9. The molecule has 0 aliphatic heterocycles. The van der Waals surface area contributed by atoms with Crippen molar-refractivity contribution >= 4 is 38.0 Å². The maximum absolute atomic E-state index is 11.4. The third-order valence-electron chi connectivity index (χ3n) is 1.91. The Labute approximate surface area is 112 Å². The highest BCUT2D eigenvalue weighted by molar-refractivity contribution is 9.09. The van der Waals surface area contributed by atoms with E-state index in [1.807, 2.05) is 30.3 Å². The first-order chi connectivity index (χ1) is 7.76. The molecule has 88 valence electrons. The van der Waals surface area contributed by atoms with Gasteiger partial charge in [-0.05, 0) is 5.56 Å². The molecule has 0 saturated heterocycles. The Balaban J connectivity index is 2.30. The van der Waals surface area contributed by atoms with Gasteiger partial charge < -0.3 is 10.1 Å². The molecule has 0 fully saturated rings. The molecule has 1 aromatic rings. The van der Waals surface area contributed by atoms with E-state index in [-0.39, 0.29) is 6.04 Å². The van der Waals surface area contributed by atoms with Crippen LogP contribution in [0.15, 0.2) is 30.3 Å². The number of amides is 1. The molecule has 1 N–H and O–H groups in total. The van der Waals surface area contributed by atoms with Crippen molar-refractivity contribution in [1.82, 2.24) is 5.32 Å². The van der Waals surface area contributed by atoms with Gasteiger partial charge in [-0.2, -0.15) is 0 Å². The van der Waals surface area contributed by atoms with E-state index < -0.39 is 6.09 Å². The van der Waals surface area contributed by atoms with E-state index in [0.717, 1.165) is 5.56 Å². The summed E-state index contributed by atoms with van der Waals surface area (Å²) < 4.78 is 5.07. The SMILES string of the molecule is O=C(NC(CBr)CBr)OCc1ccccc1. The van der Waals surface area contributed by atoms with Crippen molar-refractivity contribution in [2.45, 2.75) is 12.6 Å². The van der Waals surface area contributed by atoms with E-state index in [2.05, 4.69) is 37.2 Å². The zero-order valence-electron chi connectivity index (χ0n) is 8.66. The van der Waals surface area contributed by atoms with Crippen molar-refractivity contribution in [2.75, 3.05) is 10.7 Å². The molecule has 5 heteroatoms. The Morgan fingerprint density at radius 2 is 1.88 bits per heavy atom. The smallest absolute Gasteiger partial charge is 0.407 e. The first kappa shape index (κ1) is 13.5. The molecule has 0 saturated carbocycles. The van der Waals surface area contributed by atoms with Crippen LogP contribution in [0.5, 0.6) is 0 Å². The van der Waals surface area contributed by atoms with Crippen LogP contribution in [0, 0.1) is 0 Å². The Kier molecular flexibility index (Phi) is 6.49. The Bertz CT molecular complexity index is 315. The molecule has 3 nitrogen and oxygen atoms in total. The third kappa shape index (κ3) is 4.99. The molecule has 1 amide bonds. The summed E-state index contributed by atoms with van der Waals surface area (Å²) in [6, 6.07) is 9.63. The molecule has 0 unspecified atom stereocenters. The van der Waals surface area contributed by atoms with Gasteiger partial charge in [-0.3, -0.25) is 0 Å². The number of alkyl halides is 2. The monoisotopic (exact) mass is 349 g/mol. The fraction of sp³-hybridized carbons (Fsp3) is 0.364. The first-order valence-corrected chi connectivity index (χ1v) is 7.09. The lowest BCUT2D eigenvalue weighted by atomic mass is 10.2. The summed E-state index contributed by atoms with van der Waals surface area (Å²) in [6.07, 6.45) is -0.396. The van der Waals surface area contributed by atoms with Crippen molar-refractivity contribution in [3.05, 3.63) is 35.9 Å². The fourth-order valence-corrected chi connectivity index (χ4v) is 2.45. The molecule has 0 bridgehead atoms. The average molecular weight is 351 g/mol. The number of hydrogen-bond donors (Lipinski definition) is 1. The van der Waals surface area contributed by atoms with Crippen LogP contribution in [-0.2, 0) is 11.3 Å². The number of carbonyl (C=O) groups excluding carboxylic acids is 1. The molecule has 0 aromatic heterocycles. The number of alkyl carbamates (subject to hydrolysis) is 1. The molecular weight excluding hydrogens is 338 g/mol. The number of ether oxygens (including phenoxy) is 1. The van der Waals surface area contributed by atoms with Gasteiger partial charge in [0.25, 0.3) is 0 Å². The normalized spacial score (nSPS) is 10.2. The van der Waals surface area contributed by atoms with Crippen molar-refractivity contribution < 1.29 is 9.53 Å². The van der Waals surface area contributed by atoms with Crippen molar-refractivity contribution in [3.8, 4) is 0 Å². The quantitative estimate of drug-likeness (QED) is 0.829. The van der Waals surface area contributed by atoms with Gasteiger partial charge in [0.05, 0.1) is 6.04 Å². The van der Waals surface area contributed by atoms with Crippen LogP contribution in [0.1, 0.15) is 5.56 Å². The van der Waals surface area contributed by atoms with E-state index in [0.29, 0.717) is 17.3 Å². The predicted octanol–water partition coefficient (Wildman–Crippen LogP) is 3.07. The van der Waals surface area contributed by atoms with Gasteiger partial charge in [0.2, 0.25) is 0 Å². The maximum atomic E-state index is 11.4. The van der Waals surface area contributed by atoms with Gasteiger partial charge in [-0.25, -0.2) is 4.79 Å². The van der Waals surface area contributed by atoms with E-state index in [1.165, 1.54) is 0 Å². The Hall–Kier alpha value is -0.550. The second-order valence-electron chi connectivity index (χ2n) is 3.21. The molecule has 0 atom stereocenters. The third-order valence-corrected chi connectivity index (χ3v) is 3.47. The summed E-state index contributed by atoms with van der Waals surface area (Å²) in [5, 5.41) is 4.12. The summed E-state index contributed by atoms with van der Waals surface area (Å²) in [7, 11) is 0. The number of benzene rings is 1. The fourth-order valence-electron chi connectivity index (χ4n) is 1.05. The van der Waals surface area contributed by atoms with Crippen molar-refractivity contribution in [1.29, 1.82) is 0 Å². The summed E-state index contributed by atoms with van der Waals surface area (Å²) in [5.74, 6) is 0. The van der Waals surface area contributed by atoms with E-state index in [9.17, 15) is 4.79 Å². The van der Waals surface area contributed by atoms with E-state index in [1.54, 1.807) is 0 Å². The van der Waals surface area contributed by atoms with E-state index in [4.69, 9.17) is 4.74 Å². The van der Waals surface area contributed by atoms with Gasteiger partial charge in [-0.1, -0.05) is 62.2 Å². The maximum Gasteiger partial charge on any atom is 0.407 e. The van der Waals surface area contributed by atoms with Crippen LogP contribution in [-0.4, -0.2) is 22.8 Å². The minimum absolute atomic E-state index is 0.0447. The topological polar surface area (TPSA) is 38.3 Å². The molecule has 0 aliphatic carbocycles. The molecule has 0 spiro atoms. The Morgan fingerprint density at radius 1 is 1.25 bits per heavy atom. The number of halogens is 2. The van der Waals surface area contributed by atoms with E-state index >= 15 is 0 Å². The average Bonchev–Trinajstić information content (AvgIpc) is 2.34. The van der Waals surface area contributed by atoms with Crippen molar-refractivity contribution in [2.24, 2.45) is 0 Å². The number of hydrogen-bond acceptors (Lipinski definition) is 2. The highest BCUT2D eigenvalue weighted by Gasteiger charge is 2.10. The standard InChI is InChI=1S/C11H13Br2NO2/c12-6-10(7-13)14-11(15)16-8-9-4-2-1-3-5-9/h1-5,10H,6-8H2,(H,14,15). The molecule has 0 aliphatic rings. The summed E-state index contributed by atoms with van der Waals surface area (Å²) in [5.41, 5.74) is 0.979. The predicted molar refractivity (Wildman–Crippen MR) is 71.1 cm³/mol. The van der Waals surface area contributed by atoms with Gasteiger partial charge in [-0.15, -0.1) is 0 Å². The molecule has 0 heterocycles. The van der Waals surface area contributed by atoms with Crippen LogP contribution in [0.4, 0.5) is 4.79 Å². The van der Waals surface area contributed by atoms with Crippen LogP contribution in [0.2, 0.25) is 0 Å².